The fourth-order valence-corrected chi connectivity index (χ4v) is 1.62. The van der Waals surface area contributed by atoms with Crippen LogP contribution >= 0.6 is 0 Å². The Bertz CT molecular complexity index is 317. The summed E-state index contributed by atoms with van der Waals surface area (Å²) >= 11 is 0. The van der Waals surface area contributed by atoms with E-state index in [2.05, 4.69) is 6.92 Å². The number of nitrogens with two attached hydrogens (primary N) is 1. The van der Waals surface area contributed by atoms with Gasteiger partial charge in [0, 0.05) is 5.54 Å². The largest absolute Gasteiger partial charge is 0.494 e. The van der Waals surface area contributed by atoms with Crippen LogP contribution in [0.2, 0.25) is 0 Å². The molecule has 0 heterocycles. The molecule has 0 amide bonds. The molecule has 1 atom stereocenters. The van der Waals surface area contributed by atoms with Crippen LogP contribution in [0.25, 0.3) is 0 Å². The van der Waals surface area contributed by atoms with E-state index in [0.717, 1.165) is 25.0 Å². The van der Waals surface area contributed by atoms with E-state index in [1.807, 2.05) is 31.2 Å². The zero-order valence-corrected chi connectivity index (χ0v) is 10.8. The second-order valence-corrected chi connectivity index (χ2v) is 4.64. The first kappa shape index (κ1) is 14.0. The average molecular weight is 237 g/mol. The van der Waals surface area contributed by atoms with E-state index in [0.29, 0.717) is 6.61 Å². The van der Waals surface area contributed by atoms with Gasteiger partial charge >= 0.3 is 0 Å². The topological polar surface area (TPSA) is 55.5 Å². The molecular formula is C14H23NO2. The van der Waals surface area contributed by atoms with Gasteiger partial charge in [-0.25, -0.2) is 0 Å². The summed E-state index contributed by atoms with van der Waals surface area (Å²) in [6.07, 6.45) is 2.43. The summed E-state index contributed by atoms with van der Waals surface area (Å²) in [6, 6.07) is 8.00. The predicted octanol–water partition coefficient (Wildman–Crippen LogP) is 2.25. The van der Waals surface area contributed by atoms with Crippen molar-refractivity contribution >= 4 is 0 Å². The number of aliphatic hydroxyl groups is 1. The molecule has 0 spiro atoms. The first-order valence-electron chi connectivity index (χ1n) is 6.19. The second-order valence-electron chi connectivity index (χ2n) is 4.64. The summed E-state index contributed by atoms with van der Waals surface area (Å²) in [5.74, 6) is 0.888. The maximum atomic E-state index is 9.17. The van der Waals surface area contributed by atoms with Crippen molar-refractivity contribution in [3.8, 4) is 5.75 Å². The molecule has 1 rings (SSSR count). The van der Waals surface area contributed by atoms with Crippen LogP contribution in [-0.2, 0) is 0 Å². The summed E-state index contributed by atoms with van der Waals surface area (Å²) < 4.78 is 5.61. The van der Waals surface area contributed by atoms with Crippen molar-refractivity contribution in [1.82, 2.24) is 0 Å². The molecule has 0 saturated heterocycles. The zero-order chi connectivity index (χ0) is 12.7. The van der Waals surface area contributed by atoms with Gasteiger partial charge in [0.05, 0.1) is 13.2 Å². The van der Waals surface area contributed by atoms with E-state index < -0.39 is 5.54 Å². The first-order chi connectivity index (χ1) is 8.09. The molecule has 1 unspecified atom stereocenters. The van der Waals surface area contributed by atoms with Crippen LogP contribution in [0.15, 0.2) is 24.3 Å². The van der Waals surface area contributed by atoms with Crippen LogP contribution in [0.3, 0.4) is 0 Å². The van der Waals surface area contributed by atoms with E-state index in [1.165, 1.54) is 5.56 Å². The van der Waals surface area contributed by atoms with E-state index in [-0.39, 0.29) is 6.61 Å². The highest BCUT2D eigenvalue weighted by Gasteiger charge is 2.20. The molecule has 1 aromatic carbocycles. The van der Waals surface area contributed by atoms with Gasteiger partial charge in [-0.2, -0.15) is 0 Å². The smallest absolute Gasteiger partial charge is 0.119 e. The van der Waals surface area contributed by atoms with Gasteiger partial charge in [-0.1, -0.05) is 24.6 Å². The summed E-state index contributed by atoms with van der Waals surface area (Å²) in [5.41, 5.74) is 6.77. The molecule has 0 aliphatic rings. The fourth-order valence-electron chi connectivity index (χ4n) is 1.62. The lowest BCUT2D eigenvalue weighted by atomic mass is 9.93. The highest BCUT2D eigenvalue weighted by Crippen LogP contribution is 2.15. The highest BCUT2D eigenvalue weighted by atomic mass is 16.5. The molecule has 1 aromatic rings. The molecule has 96 valence electrons. The standard InChI is InChI=1S/C14H23NO2/c1-3-14(15,11-16)9-4-10-17-13-7-5-12(2)6-8-13/h5-8,16H,3-4,9-11,15H2,1-2H3. The van der Waals surface area contributed by atoms with Gasteiger partial charge < -0.3 is 15.6 Å². The van der Waals surface area contributed by atoms with E-state index in [1.54, 1.807) is 0 Å². The Morgan fingerprint density at radius 3 is 2.47 bits per heavy atom. The Morgan fingerprint density at radius 1 is 1.29 bits per heavy atom. The minimum Gasteiger partial charge on any atom is -0.494 e. The molecule has 0 fully saturated rings. The normalized spacial score (nSPS) is 14.4. The molecule has 0 saturated carbocycles. The minimum absolute atomic E-state index is 0.0357. The zero-order valence-electron chi connectivity index (χ0n) is 10.8. The van der Waals surface area contributed by atoms with Crippen molar-refractivity contribution in [2.45, 2.75) is 38.6 Å². The van der Waals surface area contributed by atoms with Crippen molar-refractivity contribution < 1.29 is 9.84 Å². The lowest BCUT2D eigenvalue weighted by molar-refractivity contribution is 0.171. The lowest BCUT2D eigenvalue weighted by Gasteiger charge is -2.25. The van der Waals surface area contributed by atoms with Crippen molar-refractivity contribution in [3.05, 3.63) is 29.8 Å². The predicted molar refractivity (Wildman–Crippen MR) is 70.2 cm³/mol. The van der Waals surface area contributed by atoms with Gasteiger partial charge in [0.25, 0.3) is 0 Å². The number of ether oxygens (including phenoxy) is 1. The third-order valence-electron chi connectivity index (χ3n) is 3.13. The molecule has 3 heteroatoms. The molecule has 0 aromatic heterocycles. The van der Waals surface area contributed by atoms with Crippen molar-refractivity contribution in [2.24, 2.45) is 5.73 Å². The Balaban J connectivity index is 2.26. The molecule has 17 heavy (non-hydrogen) atoms. The molecule has 0 bridgehead atoms. The van der Waals surface area contributed by atoms with E-state index >= 15 is 0 Å². The van der Waals surface area contributed by atoms with Gasteiger partial charge in [-0.05, 0) is 38.3 Å². The maximum absolute atomic E-state index is 9.17. The third-order valence-corrected chi connectivity index (χ3v) is 3.13. The maximum Gasteiger partial charge on any atom is 0.119 e. The molecule has 0 aliphatic heterocycles. The van der Waals surface area contributed by atoms with E-state index in [9.17, 15) is 0 Å². The molecule has 3 N–H and O–H groups in total. The Hall–Kier alpha value is -1.06. The summed E-state index contributed by atoms with van der Waals surface area (Å²) in [5, 5.41) is 9.17. The lowest BCUT2D eigenvalue weighted by Crippen LogP contribution is -2.43. The van der Waals surface area contributed by atoms with Crippen molar-refractivity contribution in [2.75, 3.05) is 13.2 Å². The van der Waals surface area contributed by atoms with Crippen LogP contribution in [0.4, 0.5) is 0 Å². The molecule has 0 aliphatic carbocycles. The number of aliphatic hydroxyl groups excluding tert-OH is 1. The van der Waals surface area contributed by atoms with Gasteiger partial charge in [0.2, 0.25) is 0 Å². The molecule has 0 radical (unpaired) electrons. The number of aryl methyl sites for hydroxylation is 1. The molecule has 3 nitrogen and oxygen atoms in total. The number of rotatable bonds is 7. The Kier molecular flexibility index (Phi) is 5.45. The SMILES string of the molecule is CCC(N)(CO)CCCOc1ccc(C)cc1. The van der Waals surface area contributed by atoms with Gasteiger partial charge in [0.15, 0.2) is 0 Å². The Labute approximate surface area is 104 Å². The van der Waals surface area contributed by atoms with Crippen LogP contribution < -0.4 is 10.5 Å². The number of hydrogen-bond donors (Lipinski definition) is 2. The minimum atomic E-state index is -0.448. The van der Waals surface area contributed by atoms with Gasteiger partial charge in [-0.3, -0.25) is 0 Å². The Morgan fingerprint density at radius 2 is 1.94 bits per heavy atom. The highest BCUT2D eigenvalue weighted by molar-refractivity contribution is 5.26. The first-order valence-corrected chi connectivity index (χ1v) is 6.19. The van der Waals surface area contributed by atoms with Crippen LogP contribution in [-0.4, -0.2) is 23.9 Å². The van der Waals surface area contributed by atoms with Crippen LogP contribution in [0.5, 0.6) is 5.75 Å². The molecular weight excluding hydrogens is 214 g/mol. The van der Waals surface area contributed by atoms with Crippen molar-refractivity contribution in [1.29, 1.82) is 0 Å². The summed E-state index contributed by atoms with van der Waals surface area (Å²) in [4.78, 5) is 0. The van der Waals surface area contributed by atoms with Crippen molar-refractivity contribution in [3.63, 3.8) is 0 Å². The number of benzene rings is 1. The van der Waals surface area contributed by atoms with E-state index in [4.69, 9.17) is 15.6 Å². The monoisotopic (exact) mass is 237 g/mol. The third kappa shape index (κ3) is 4.75. The number of hydrogen-bond acceptors (Lipinski definition) is 3. The second kappa shape index (κ2) is 6.62. The van der Waals surface area contributed by atoms with Crippen LogP contribution in [0.1, 0.15) is 31.7 Å². The summed E-state index contributed by atoms with van der Waals surface area (Å²) in [6.45, 7) is 4.72. The quantitative estimate of drug-likeness (QED) is 0.715. The van der Waals surface area contributed by atoms with Gasteiger partial charge in [-0.15, -0.1) is 0 Å². The van der Waals surface area contributed by atoms with Gasteiger partial charge in [0.1, 0.15) is 5.75 Å². The van der Waals surface area contributed by atoms with Crippen LogP contribution in [0, 0.1) is 6.92 Å². The summed E-state index contributed by atoms with van der Waals surface area (Å²) in [7, 11) is 0. The fraction of sp³-hybridized carbons (Fsp3) is 0.571. The average Bonchev–Trinajstić information content (AvgIpc) is 2.36.